The predicted molar refractivity (Wildman–Crippen MR) is 65.8 cm³/mol. The second kappa shape index (κ2) is 7.05. The van der Waals surface area contributed by atoms with Crippen LogP contribution in [-0.4, -0.2) is 35.4 Å². The summed E-state index contributed by atoms with van der Waals surface area (Å²) in [4.78, 5) is 22.3. The zero-order valence-corrected chi connectivity index (χ0v) is 10.2. The van der Waals surface area contributed by atoms with Crippen LogP contribution in [0.1, 0.15) is 16.8 Å². The average molecular weight is 266 g/mol. The van der Waals surface area contributed by atoms with E-state index in [2.05, 4.69) is 11.3 Å². The lowest BCUT2D eigenvalue weighted by Crippen LogP contribution is -2.10. The summed E-state index contributed by atoms with van der Waals surface area (Å²) in [6.07, 6.45) is 1.36. The van der Waals surface area contributed by atoms with Gasteiger partial charge in [-0.3, -0.25) is 0 Å². The van der Waals surface area contributed by atoms with Gasteiger partial charge in [0.1, 0.15) is 17.1 Å². The Labute approximate surface area is 109 Å². The van der Waals surface area contributed by atoms with Crippen molar-refractivity contribution in [1.82, 2.24) is 0 Å². The maximum absolute atomic E-state index is 11.6. The second-order valence-electron chi connectivity index (χ2n) is 3.56. The number of ether oxygens (including phenoxy) is 2. The third-order valence-electron chi connectivity index (χ3n) is 2.13. The smallest absolute Gasteiger partial charge is 0.342 e. The first-order chi connectivity index (χ1) is 9.04. The first kappa shape index (κ1) is 14.6. The lowest BCUT2D eigenvalue weighted by Gasteiger charge is -2.06. The monoisotopic (exact) mass is 266 g/mol. The first-order valence-electron chi connectivity index (χ1n) is 5.53. The fourth-order valence-corrected chi connectivity index (χ4v) is 1.22. The molecule has 0 fully saturated rings. The third-order valence-corrected chi connectivity index (χ3v) is 2.13. The molecule has 6 heteroatoms. The van der Waals surface area contributed by atoms with Gasteiger partial charge in [-0.2, -0.15) is 0 Å². The third kappa shape index (κ3) is 4.71. The van der Waals surface area contributed by atoms with Crippen molar-refractivity contribution in [3.8, 4) is 11.5 Å². The molecule has 1 aromatic carbocycles. The highest BCUT2D eigenvalue weighted by Gasteiger charge is 2.13. The molecule has 0 aliphatic rings. The van der Waals surface area contributed by atoms with Crippen molar-refractivity contribution in [1.29, 1.82) is 0 Å². The Morgan fingerprint density at radius 1 is 1.21 bits per heavy atom. The van der Waals surface area contributed by atoms with Crippen LogP contribution in [0.5, 0.6) is 11.5 Å². The summed E-state index contributed by atoms with van der Waals surface area (Å²) in [6.45, 7) is 3.36. The minimum absolute atomic E-state index is 0.0261. The molecule has 1 aromatic rings. The Kier molecular flexibility index (Phi) is 5.40. The van der Waals surface area contributed by atoms with Gasteiger partial charge in [-0.05, 0) is 18.2 Å². The second-order valence-corrected chi connectivity index (χ2v) is 3.56. The predicted octanol–water partition coefficient (Wildman–Crippen LogP) is 1.37. The van der Waals surface area contributed by atoms with E-state index in [1.807, 2.05) is 0 Å². The number of phenolic OH excluding ortho intramolecular Hbond substituents is 2. The van der Waals surface area contributed by atoms with Crippen LogP contribution in [0.2, 0.25) is 0 Å². The summed E-state index contributed by atoms with van der Waals surface area (Å²) in [5.74, 6) is -1.73. The van der Waals surface area contributed by atoms with Crippen molar-refractivity contribution in [2.75, 3.05) is 13.2 Å². The summed E-state index contributed by atoms with van der Waals surface area (Å²) >= 11 is 0. The van der Waals surface area contributed by atoms with Crippen molar-refractivity contribution in [3.05, 3.63) is 36.4 Å². The molecule has 0 saturated carbocycles. The van der Waals surface area contributed by atoms with Crippen molar-refractivity contribution < 1.29 is 29.3 Å². The van der Waals surface area contributed by atoms with Crippen LogP contribution < -0.4 is 0 Å². The normalized spacial score (nSPS) is 9.68. The first-order valence-corrected chi connectivity index (χ1v) is 5.53. The SMILES string of the molecule is C=CC(=O)OCCCOC(=O)c1cc(O)ccc1O. The summed E-state index contributed by atoms with van der Waals surface area (Å²) in [6, 6.07) is 3.55. The average Bonchev–Trinajstić information content (AvgIpc) is 2.40. The van der Waals surface area contributed by atoms with Gasteiger partial charge in [0, 0.05) is 12.5 Å². The minimum Gasteiger partial charge on any atom is -0.508 e. The molecule has 102 valence electrons. The molecule has 0 aromatic heterocycles. The number of carbonyl (C=O) groups is 2. The molecule has 0 spiro atoms. The van der Waals surface area contributed by atoms with E-state index >= 15 is 0 Å². The number of esters is 2. The zero-order chi connectivity index (χ0) is 14.3. The van der Waals surface area contributed by atoms with Crippen LogP contribution in [-0.2, 0) is 14.3 Å². The number of rotatable bonds is 6. The summed E-state index contributed by atoms with van der Waals surface area (Å²) in [5.41, 5.74) is -0.122. The van der Waals surface area contributed by atoms with Gasteiger partial charge in [0.15, 0.2) is 0 Å². The fraction of sp³-hybridized carbons (Fsp3) is 0.231. The highest BCUT2D eigenvalue weighted by Crippen LogP contribution is 2.22. The molecule has 0 amide bonds. The van der Waals surface area contributed by atoms with E-state index in [9.17, 15) is 19.8 Å². The Balaban J connectivity index is 2.37. The van der Waals surface area contributed by atoms with Gasteiger partial charge in [-0.1, -0.05) is 6.58 Å². The molecule has 0 bridgehead atoms. The van der Waals surface area contributed by atoms with Crippen LogP contribution >= 0.6 is 0 Å². The highest BCUT2D eigenvalue weighted by molar-refractivity contribution is 5.92. The minimum atomic E-state index is -0.761. The largest absolute Gasteiger partial charge is 0.508 e. The van der Waals surface area contributed by atoms with E-state index in [-0.39, 0.29) is 30.3 Å². The summed E-state index contributed by atoms with van der Waals surface area (Å²) in [7, 11) is 0. The maximum atomic E-state index is 11.6. The Morgan fingerprint density at radius 3 is 2.58 bits per heavy atom. The van der Waals surface area contributed by atoms with Gasteiger partial charge in [0.2, 0.25) is 0 Å². The van der Waals surface area contributed by atoms with Gasteiger partial charge in [-0.25, -0.2) is 9.59 Å². The highest BCUT2D eigenvalue weighted by atomic mass is 16.5. The Bertz CT molecular complexity index is 480. The van der Waals surface area contributed by atoms with Gasteiger partial charge >= 0.3 is 11.9 Å². The van der Waals surface area contributed by atoms with Crippen molar-refractivity contribution in [3.63, 3.8) is 0 Å². The molecular formula is C13H14O6. The molecular weight excluding hydrogens is 252 g/mol. The molecule has 0 radical (unpaired) electrons. The maximum Gasteiger partial charge on any atom is 0.342 e. The number of phenols is 2. The fourth-order valence-electron chi connectivity index (χ4n) is 1.22. The van der Waals surface area contributed by atoms with Gasteiger partial charge in [0.25, 0.3) is 0 Å². The number of carbonyl (C=O) groups excluding carboxylic acids is 2. The quantitative estimate of drug-likeness (QED) is 0.349. The van der Waals surface area contributed by atoms with Gasteiger partial charge in [-0.15, -0.1) is 0 Å². The van der Waals surface area contributed by atoms with E-state index < -0.39 is 11.9 Å². The van der Waals surface area contributed by atoms with E-state index in [1.54, 1.807) is 0 Å². The Morgan fingerprint density at radius 2 is 1.89 bits per heavy atom. The number of aromatic hydroxyl groups is 2. The van der Waals surface area contributed by atoms with Crippen LogP contribution in [0.15, 0.2) is 30.9 Å². The van der Waals surface area contributed by atoms with Crippen LogP contribution in [0.4, 0.5) is 0 Å². The molecule has 0 atom stereocenters. The lowest BCUT2D eigenvalue weighted by molar-refractivity contribution is -0.137. The van der Waals surface area contributed by atoms with E-state index in [0.29, 0.717) is 6.42 Å². The molecule has 19 heavy (non-hydrogen) atoms. The van der Waals surface area contributed by atoms with Gasteiger partial charge < -0.3 is 19.7 Å². The summed E-state index contributed by atoms with van der Waals surface area (Å²) < 4.78 is 9.54. The molecule has 0 aliphatic heterocycles. The molecule has 0 heterocycles. The molecule has 1 rings (SSSR count). The molecule has 0 aliphatic carbocycles. The Hall–Kier alpha value is -2.50. The molecule has 0 unspecified atom stereocenters. The number of hydrogen-bond acceptors (Lipinski definition) is 6. The van der Waals surface area contributed by atoms with E-state index in [4.69, 9.17) is 4.74 Å². The molecule has 6 nitrogen and oxygen atoms in total. The summed E-state index contributed by atoms with van der Waals surface area (Å²) in [5, 5.41) is 18.6. The van der Waals surface area contributed by atoms with Crippen LogP contribution in [0, 0.1) is 0 Å². The number of hydrogen-bond donors (Lipinski definition) is 2. The zero-order valence-electron chi connectivity index (χ0n) is 10.2. The topological polar surface area (TPSA) is 93.1 Å². The standard InChI is InChI=1S/C13H14O6/c1-2-12(16)18-6-3-7-19-13(17)10-8-9(14)4-5-11(10)15/h2,4-5,8,14-15H,1,3,6-7H2. The lowest BCUT2D eigenvalue weighted by atomic mass is 10.2. The van der Waals surface area contributed by atoms with Crippen molar-refractivity contribution in [2.24, 2.45) is 0 Å². The van der Waals surface area contributed by atoms with Crippen LogP contribution in [0.25, 0.3) is 0 Å². The van der Waals surface area contributed by atoms with Crippen molar-refractivity contribution in [2.45, 2.75) is 6.42 Å². The van der Waals surface area contributed by atoms with E-state index in [1.165, 1.54) is 12.1 Å². The number of benzene rings is 1. The van der Waals surface area contributed by atoms with Crippen LogP contribution in [0.3, 0.4) is 0 Å². The van der Waals surface area contributed by atoms with Crippen molar-refractivity contribution >= 4 is 11.9 Å². The van der Waals surface area contributed by atoms with Gasteiger partial charge in [0.05, 0.1) is 13.2 Å². The van der Waals surface area contributed by atoms with E-state index in [0.717, 1.165) is 12.1 Å². The molecule has 2 N–H and O–H groups in total. The molecule has 0 saturated heterocycles.